The maximum absolute atomic E-state index is 12.8. The van der Waals surface area contributed by atoms with Crippen molar-refractivity contribution in [3.63, 3.8) is 0 Å². The zero-order valence-corrected chi connectivity index (χ0v) is 16.5. The van der Waals surface area contributed by atoms with Crippen molar-refractivity contribution in [2.75, 3.05) is 7.05 Å². The average molecular weight is 375 g/mol. The van der Waals surface area contributed by atoms with E-state index in [4.69, 9.17) is 4.98 Å². The molecule has 3 heterocycles. The molecule has 4 nitrogen and oxygen atoms in total. The van der Waals surface area contributed by atoms with E-state index in [1.54, 1.807) is 22.7 Å². The van der Waals surface area contributed by atoms with Crippen LogP contribution in [0.2, 0.25) is 0 Å². The third-order valence-electron chi connectivity index (χ3n) is 5.37. The Balaban J connectivity index is 1.67. The first kappa shape index (κ1) is 16.9. The van der Waals surface area contributed by atoms with Crippen LogP contribution in [-0.4, -0.2) is 17.0 Å². The highest BCUT2D eigenvalue weighted by Crippen LogP contribution is 2.35. The number of quaternary nitrogens is 1. The van der Waals surface area contributed by atoms with Crippen LogP contribution in [0.5, 0.6) is 0 Å². The Labute approximate surface area is 155 Å². The minimum Gasteiger partial charge on any atom is -0.324 e. The van der Waals surface area contributed by atoms with Gasteiger partial charge in [-0.2, -0.15) is 0 Å². The second-order valence-electron chi connectivity index (χ2n) is 7.31. The van der Waals surface area contributed by atoms with E-state index in [0.717, 1.165) is 35.4 Å². The number of nitrogens with zero attached hydrogens (tertiary/aromatic N) is 1. The third-order valence-corrected chi connectivity index (χ3v) is 7.39. The van der Waals surface area contributed by atoms with Crippen LogP contribution < -0.4 is 10.5 Å². The third kappa shape index (κ3) is 3.18. The molecule has 0 saturated carbocycles. The summed E-state index contributed by atoms with van der Waals surface area (Å²) in [4.78, 5) is 25.7. The van der Waals surface area contributed by atoms with Gasteiger partial charge in [0.15, 0.2) is 5.82 Å². The highest BCUT2D eigenvalue weighted by atomic mass is 32.1. The largest absolute Gasteiger partial charge is 0.324 e. The van der Waals surface area contributed by atoms with Crippen molar-refractivity contribution in [2.45, 2.75) is 45.7 Å². The van der Waals surface area contributed by atoms with E-state index in [9.17, 15) is 4.79 Å². The highest BCUT2D eigenvalue weighted by molar-refractivity contribution is 7.18. The molecule has 25 heavy (non-hydrogen) atoms. The van der Waals surface area contributed by atoms with Crippen molar-refractivity contribution in [1.29, 1.82) is 0 Å². The van der Waals surface area contributed by atoms with Crippen molar-refractivity contribution < 1.29 is 4.90 Å². The zero-order chi connectivity index (χ0) is 17.6. The Morgan fingerprint density at radius 2 is 2.32 bits per heavy atom. The summed E-state index contributed by atoms with van der Waals surface area (Å²) in [6, 6.07) is 4.40. The predicted octanol–water partition coefficient (Wildman–Crippen LogP) is 2.95. The number of aromatic nitrogens is 2. The van der Waals surface area contributed by atoms with Crippen LogP contribution in [0.25, 0.3) is 10.2 Å². The molecule has 0 aromatic carbocycles. The lowest BCUT2D eigenvalue weighted by Crippen LogP contribution is -3.07. The van der Waals surface area contributed by atoms with E-state index in [0.29, 0.717) is 5.92 Å². The molecule has 0 spiro atoms. The van der Waals surface area contributed by atoms with Gasteiger partial charge in [0.05, 0.1) is 17.3 Å². The van der Waals surface area contributed by atoms with Crippen molar-refractivity contribution in [3.05, 3.63) is 49.0 Å². The van der Waals surface area contributed by atoms with E-state index in [-0.39, 0.29) is 11.6 Å². The van der Waals surface area contributed by atoms with Gasteiger partial charge < -0.3 is 9.88 Å². The maximum atomic E-state index is 12.8. The summed E-state index contributed by atoms with van der Waals surface area (Å²) in [6.45, 7) is 5.38. The maximum Gasteiger partial charge on any atom is 0.260 e. The number of aromatic amines is 1. The molecule has 6 heteroatoms. The molecule has 1 aliphatic carbocycles. The van der Waals surface area contributed by atoms with Crippen LogP contribution in [0.15, 0.2) is 22.3 Å². The van der Waals surface area contributed by atoms with Crippen molar-refractivity contribution in [2.24, 2.45) is 5.92 Å². The first-order valence-corrected chi connectivity index (χ1v) is 10.6. The molecular formula is C19H24N3OS2+. The predicted molar refractivity (Wildman–Crippen MR) is 105 cm³/mol. The molecule has 0 saturated heterocycles. The van der Waals surface area contributed by atoms with Gasteiger partial charge in [-0.15, -0.1) is 22.7 Å². The van der Waals surface area contributed by atoms with Crippen LogP contribution in [0.1, 0.15) is 47.5 Å². The van der Waals surface area contributed by atoms with E-state index in [1.165, 1.54) is 26.6 Å². The molecule has 0 bridgehead atoms. The molecule has 0 amide bonds. The number of hydrogen-bond acceptors (Lipinski definition) is 4. The SMILES string of the molecule is C[C@@H]1CCc2c(sc3nc([C@@H](C)[NH+](C)Cc4cccs4)[nH]c(=O)c23)C1. The van der Waals surface area contributed by atoms with Crippen molar-refractivity contribution >= 4 is 32.9 Å². The number of H-pyrrole nitrogens is 1. The van der Waals surface area contributed by atoms with Gasteiger partial charge in [0.25, 0.3) is 5.56 Å². The molecule has 1 unspecified atom stereocenters. The molecular weight excluding hydrogens is 350 g/mol. The Morgan fingerprint density at radius 1 is 1.48 bits per heavy atom. The Bertz CT molecular complexity index is 942. The Kier molecular flexibility index (Phi) is 4.52. The summed E-state index contributed by atoms with van der Waals surface area (Å²) < 4.78 is 0. The minimum absolute atomic E-state index is 0.0443. The molecule has 3 aromatic rings. The second kappa shape index (κ2) is 6.67. The summed E-state index contributed by atoms with van der Waals surface area (Å²) in [5.74, 6) is 1.51. The lowest BCUT2D eigenvalue weighted by atomic mass is 9.89. The molecule has 132 valence electrons. The number of rotatable bonds is 4. The molecule has 3 aromatic heterocycles. The van der Waals surface area contributed by atoms with Gasteiger partial charge >= 0.3 is 0 Å². The first-order chi connectivity index (χ1) is 12.0. The van der Waals surface area contributed by atoms with Gasteiger partial charge in [-0.25, -0.2) is 4.98 Å². The standard InChI is InChI=1S/C19H23N3OS2/c1-11-6-7-14-15(9-11)25-19-16(14)18(23)20-17(21-19)12(2)22(3)10-13-5-4-8-24-13/h4-5,8,11-12H,6-7,9-10H2,1-3H3,(H,20,21,23)/p+1/t11-,12-/m1/s1. The lowest BCUT2D eigenvalue weighted by Gasteiger charge is -2.20. The normalized spacial score (nSPS) is 19.7. The summed E-state index contributed by atoms with van der Waals surface area (Å²) in [7, 11) is 2.16. The number of fused-ring (bicyclic) bond motifs is 3. The molecule has 0 fully saturated rings. The molecule has 3 atom stereocenters. The molecule has 4 rings (SSSR count). The molecule has 2 N–H and O–H groups in total. The van der Waals surface area contributed by atoms with Gasteiger partial charge in [0.1, 0.15) is 17.4 Å². The van der Waals surface area contributed by atoms with E-state index >= 15 is 0 Å². The average Bonchev–Trinajstić information content (AvgIpc) is 3.20. The minimum atomic E-state index is 0.0443. The summed E-state index contributed by atoms with van der Waals surface area (Å²) >= 11 is 3.50. The van der Waals surface area contributed by atoms with E-state index < -0.39 is 0 Å². The van der Waals surface area contributed by atoms with E-state index in [2.05, 4.69) is 43.4 Å². The van der Waals surface area contributed by atoms with Crippen molar-refractivity contribution in [1.82, 2.24) is 9.97 Å². The highest BCUT2D eigenvalue weighted by Gasteiger charge is 2.25. The fourth-order valence-electron chi connectivity index (χ4n) is 3.65. The summed E-state index contributed by atoms with van der Waals surface area (Å²) in [5.41, 5.74) is 1.30. The van der Waals surface area contributed by atoms with Crippen LogP contribution in [-0.2, 0) is 19.4 Å². The van der Waals surface area contributed by atoms with Crippen LogP contribution >= 0.6 is 22.7 Å². The number of hydrogen-bond donors (Lipinski definition) is 2. The Hall–Kier alpha value is -1.50. The van der Waals surface area contributed by atoms with Crippen LogP contribution in [0.4, 0.5) is 0 Å². The van der Waals surface area contributed by atoms with Gasteiger partial charge in [0.2, 0.25) is 0 Å². The van der Waals surface area contributed by atoms with Crippen molar-refractivity contribution in [3.8, 4) is 0 Å². The van der Waals surface area contributed by atoms with Crippen LogP contribution in [0.3, 0.4) is 0 Å². The summed E-state index contributed by atoms with van der Waals surface area (Å²) in [6.07, 6.45) is 3.27. The van der Waals surface area contributed by atoms with Crippen LogP contribution in [0, 0.1) is 5.92 Å². The van der Waals surface area contributed by atoms with Gasteiger partial charge in [-0.1, -0.05) is 13.0 Å². The zero-order valence-electron chi connectivity index (χ0n) is 14.9. The fourth-order valence-corrected chi connectivity index (χ4v) is 5.84. The van der Waals surface area contributed by atoms with Gasteiger partial charge in [-0.3, -0.25) is 4.79 Å². The monoisotopic (exact) mass is 374 g/mol. The molecule has 1 aliphatic rings. The van der Waals surface area contributed by atoms with Gasteiger partial charge in [-0.05, 0) is 49.1 Å². The molecule has 0 aliphatic heterocycles. The molecule has 0 radical (unpaired) electrons. The lowest BCUT2D eigenvalue weighted by molar-refractivity contribution is -0.924. The topological polar surface area (TPSA) is 50.2 Å². The fraction of sp³-hybridized carbons (Fsp3) is 0.474. The number of thiophene rings is 2. The smallest absolute Gasteiger partial charge is 0.260 e. The second-order valence-corrected chi connectivity index (χ2v) is 9.42. The quantitative estimate of drug-likeness (QED) is 0.738. The first-order valence-electron chi connectivity index (χ1n) is 8.92. The summed E-state index contributed by atoms with van der Waals surface area (Å²) in [5, 5.41) is 2.95. The van der Waals surface area contributed by atoms with Gasteiger partial charge in [0, 0.05) is 4.88 Å². The number of aryl methyl sites for hydroxylation is 1. The Morgan fingerprint density at radius 3 is 3.08 bits per heavy atom. The van der Waals surface area contributed by atoms with E-state index in [1.807, 2.05) is 0 Å². The number of nitrogens with one attached hydrogen (secondary N) is 2.